The first-order valence-corrected chi connectivity index (χ1v) is 15.7. The van der Waals surface area contributed by atoms with Crippen molar-refractivity contribution in [1.29, 1.82) is 5.26 Å². The zero-order chi connectivity index (χ0) is 33.5. The van der Waals surface area contributed by atoms with Crippen molar-refractivity contribution in [3.63, 3.8) is 0 Å². The molecule has 2 N–H and O–H groups in total. The number of nitrogen functional groups attached to an aromatic ring is 1. The molecule has 246 valence electrons. The molecule has 0 unspecified atom stereocenters. The molecule has 1 amide bonds. The minimum Gasteiger partial charge on any atom is -0.469 e. The summed E-state index contributed by atoms with van der Waals surface area (Å²) in [5, 5.41) is 8.34. The van der Waals surface area contributed by atoms with Gasteiger partial charge in [-0.3, -0.25) is 14.5 Å². The van der Waals surface area contributed by atoms with Gasteiger partial charge < -0.3 is 24.7 Å². The van der Waals surface area contributed by atoms with Gasteiger partial charge >= 0.3 is 5.97 Å². The van der Waals surface area contributed by atoms with Crippen LogP contribution in [0.2, 0.25) is 0 Å². The predicted molar refractivity (Wildman–Crippen MR) is 181 cm³/mol. The third-order valence-electron chi connectivity index (χ3n) is 7.63. The molecule has 0 aliphatic heterocycles. The van der Waals surface area contributed by atoms with Crippen LogP contribution in [0.15, 0.2) is 48.5 Å². The maximum Gasteiger partial charge on any atom is 0.309 e. The van der Waals surface area contributed by atoms with E-state index in [9.17, 15) is 9.59 Å². The number of para-hydroxylation sites is 1. The number of nitrogens with two attached hydrogens (primary N) is 1. The van der Waals surface area contributed by atoms with Crippen molar-refractivity contribution in [1.82, 2.24) is 24.3 Å². The number of esters is 1. The van der Waals surface area contributed by atoms with Crippen molar-refractivity contribution in [2.24, 2.45) is 0 Å². The van der Waals surface area contributed by atoms with Crippen molar-refractivity contribution >= 4 is 39.6 Å². The number of hydrogen-bond acceptors (Lipinski definition) is 9. The highest BCUT2D eigenvalue weighted by molar-refractivity contribution is 6.06. The van der Waals surface area contributed by atoms with Gasteiger partial charge in [-0.05, 0) is 37.1 Å². The molecule has 2 heterocycles. The van der Waals surface area contributed by atoms with E-state index in [2.05, 4.69) is 22.5 Å². The average Bonchev–Trinajstić information content (AvgIpc) is 3.41. The van der Waals surface area contributed by atoms with Gasteiger partial charge in [-0.15, -0.1) is 0 Å². The lowest BCUT2D eigenvalue weighted by Crippen LogP contribution is -2.40. The number of ether oxygens (including phenoxy) is 2. The van der Waals surface area contributed by atoms with Crippen molar-refractivity contribution in [2.45, 2.75) is 59.0 Å². The second kappa shape index (κ2) is 18.4. The fourth-order valence-corrected chi connectivity index (χ4v) is 5.34. The van der Waals surface area contributed by atoms with Crippen LogP contribution in [-0.4, -0.2) is 83.7 Å². The molecule has 2 aromatic heterocycles. The fraction of sp³-hybridized carbons (Fsp3) is 0.457. The predicted octanol–water partition coefficient (Wildman–Crippen LogP) is 4.75. The van der Waals surface area contributed by atoms with Crippen molar-refractivity contribution in [3.8, 4) is 6.07 Å². The average molecular weight is 630 g/mol. The van der Waals surface area contributed by atoms with Crippen LogP contribution in [0.3, 0.4) is 0 Å². The molecule has 46 heavy (non-hydrogen) atoms. The van der Waals surface area contributed by atoms with Crippen molar-refractivity contribution < 1.29 is 19.1 Å². The van der Waals surface area contributed by atoms with E-state index < -0.39 is 0 Å². The van der Waals surface area contributed by atoms with Crippen molar-refractivity contribution in [3.05, 3.63) is 65.5 Å². The zero-order valence-corrected chi connectivity index (χ0v) is 27.8. The SMILES string of the molecule is CC#N.CCCCc1nc2c(N)nc3ccccc3c2n1CCCN(Cc1cccc(CC(=O)OC)c1)C(=O)CN(C)CCOC. The van der Waals surface area contributed by atoms with Gasteiger partial charge in [-0.2, -0.15) is 5.26 Å². The van der Waals surface area contributed by atoms with Crippen LogP contribution in [0.4, 0.5) is 5.82 Å². The van der Waals surface area contributed by atoms with Gasteiger partial charge in [0.25, 0.3) is 0 Å². The first kappa shape index (κ1) is 35.9. The summed E-state index contributed by atoms with van der Waals surface area (Å²) in [5.74, 6) is 1.18. The van der Waals surface area contributed by atoms with Gasteiger partial charge in [0.1, 0.15) is 11.3 Å². The lowest BCUT2D eigenvalue weighted by Gasteiger charge is -2.26. The highest BCUT2D eigenvalue weighted by Gasteiger charge is 2.20. The molecule has 11 nitrogen and oxygen atoms in total. The second-order valence-electron chi connectivity index (χ2n) is 11.2. The van der Waals surface area contributed by atoms with Crippen LogP contribution in [0.25, 0.3) is 21.9 Å². The Hall–Kier alpha value is -4.53. The van der Waals surface area contributed by atoms with Crippen LogP contribution >= 0.6 is 0 Å². The van der Waals surface area contributed by atoms with E-state index in [-0.39, 0.29) is 24.8 Å². The number of anilines is 1. The second-order valence-corrected chi connectivity index (χ2v) is 11.2. The van der Waals surface area contributed by atoms with Crippen LogP contribution in [0.1, 0.15) is 50.1 Å². The number of methoxy groups -OCH3 is 2. The van der Waals surface area contributed by atoms with E-state index >= 15 is 0 Å². The molecule has 0 bridgehead atoms. The summed E-state index contributed by atoms with van der Waals surface area (Å²) in [6, 6.07) is 17.6. The Morgan fingerprint density at radius 2 is 1.78 bits per heavy atom. The summed E-state index contributed by atoms with van der Waals surface area (Å²) in [7, 11) is 4.97. The molecule has 4 rings (SSSR count). The van der Waals surface area contributed by atoms with Gasteiger partial charge in [0.05, 0.1) is 43.8 Å². The molecule has 0 atom stereocenters. The van der Waals surface area contributed by atoms with Gasteiger partial charge in [-0.1, -0.05) is 55.8 Å². The van der Waals surface area contributed by atoms with E-state index in [4.69, 9.17) is 25.5 Å². The Labute approximate surface area is 271 Å². The maximum absolute atomic E-state index is 13.6. The largest absolute Gasteiger partial charge is 0.469 e. The fourth-order valence-electron chi connectivity index (χ4n) is 5.34. The number of nitriles is 1. The van der Waals surface area contributed by atoms with Crippen LogP contribution in [0, 0.1) is 11.3 Å². The Kier molecular flexibility index (Phi) is 14.4. The number of pyridine rings is 1. The molecular weight excluding hydrogens is 582 g/mol. The Bertz CT molecular complexity index is 1630. The van der Waals surface area contributed by atoms with Crippen molar-refractivity contribution in [2.75, 3.05) is 53.2 Å². The van der Waals surface area contributed by atoms with E-state index in [1.807, 2.05) is 59.3 Å². The first-order chi connectivity index (χ1) is 22.3. The first-order valence-electron chi connectivity index (χ1n) is 15.7. The number of aryl methyl sites for hydroxylation is 2. The minimum absolute atomic E-state index is 0.0394. The molecule has 0 saturated carbocycles. The van der Waals surface area contributed by atoms with Crippen LogP contribution in [0.5, 0.6) is 0 Å². The van der Waals surface area contributed by atoms with E-state index in [0.29, 0.717) is 38.6 Å². The quantitative estimate of drug-likeness (QED) is 0.174. The zero-order valence-electron chi connectivity index (χ0n) is 27.8. The molecule has 2 aromatic carbocycles. The van der Waals surface area contributed by atoms with Gasteiger partial charge in [0.15, 0.2) is 5.82 Å². The number of carbonyl (C=O) groups excluding carboxylic acids is 2. The highest BCUT2D eigenvalue weighted by atomic mass is 16.5. The molecule has 4 aromatic rings. The number of rotatable bonds is 16. The monoisotopic (exact) mass is 629 g/mol. The number of likely N-dealkylation sites (N-methyl/N-ethyl adjacent to an activating group) is 1. The Balaban J connectivity index is 0.00000185. The molecule has 0 fully saturated rings. The number of carbonyl (C=O) groups is 2. The lowest BCUT2D eigenvalue weighted by atomic mass is 10.1. The van der Waals surface area contributed by atoms with Gasteiger partial charge in [0, 0.05) is 52.0 Å². The normalized spacial score (nSPS) is 10.9. The number of aromatic nitrogens is 3. The lowest BCUT2D eigenvalue weighted by molar-refractivity contribution is -0.139. The van der Waals surface area contributed by atoms with E-state index in [1.54, 1.807) is 13.2 Å². The van der Waals surface area contributed by atoms with Gasteiger partial charge in [-0.25, -0.2) is 9.97 Å². The number of unbranched alkanes of at least 4 members (excludes halogenated alkanes) is 1. The number of hydrogen-bond donors (Lipinski definition) is 1. The van der Waals surface area contributed by atoms with Gasteiger partial charge in [0.2, 0.25) is 5.91 Å². The summed E-state index contributed by atoms with van der Waals surface area (Å²) < 4.78 is 12.3. The minimum atomic E-state index is -0.292. The third-order valence-corrected chi connectivity index (χ3v) is 7.63. The Morgan fingerprint density at radius 3 is 2.50 bits per heavy atom. The standard InChI is InChI=1S/C33H44N6O4.C2H3N/c1-5-6-15-28-36-31-32(26-13-7-8-14-27(26)35-33(31)34)39(28)17-10-16-38(29(40)23-37(2)18-19-42-3)22-25-12-9-11-24(20-25)21-30(41)43-4;1-2-3/h7-9,11-14,20H,5-6,10,15-19,21-23H2,1-4H3,(H2,34,35);1H3. The maximum atomic E-state index is 13.6. The summed E-state index contributed by atoms with van der Waals surface area (Å²) in [6.07, 6.45) is 3.86. The summed E-state index contributed by atoms with van der Waals surface area (Å²) in [6.45, 7) is 6.80. The molecule has 11 heteroatoms. The number of amides is 1. The molecule has 0 aliphatic carbocycles. The van der Waals surface area contributed by atoms with E-state index in [0.717, 1.165) is 64.6 Å². The summed E-state index contributed by atoms with van der Waals surface area (Å²) in [4.78, 5) is 38.9. The molecule has 0 aliphatic rings. The number of fused-ring (bicyclic) bond motifs is 3. The molecule has 0 saturated heterocycles. The topological polar surface area (TPSA) is 140 Å². The number of nitrogens with zero attached hydrogens (tertiary/aromatic N) is 6. The smallest absolute Gasteiger partial charge is 0.309 e. The molecule has 0 spiro atoms. The Morgan fingerprint density at radius 1 is 1.04 bits per heavy atom. The molecular formula is C35H47N7O4. The summed E-state index contributed by atoms with van der Waals surface area (Å²) >= 11 is 0. The number of imidazole rings is 1. The highest BCUT2D eigenvalue weighted by Crippen LogP contribution is 2.29. The molecule has 0 radical (unpaired) electrons. The third kappa shape index (κ3) is 9.99. The summed E-state index contributed by atoms with van der Waals surface area (Å²) in [5.41, 5.74) is 10.8. The number of benzene rings is 2. The van der Waals surface area contributed by atoms with Crippen LogP contribution in [-0.2, 0) is 45.0 Å². The van der Waals surface area contributed by atoms with Crippen LogP contribution < -0.4 is 5.73 Å². The van der Waals surface area contributed by atoms with E-state index in [1.165, 1.54) is 14.0 Å².